The maximum atomic E-state index is 11.9. The largest absolute Gasteiger partial charge is 0.352 e. The van der Waals surface area contributed by atoms with Gasteiger partial charge in [-0.25, -0.2) is 0 Å². The first-order valence-electron chi connectivity index (χ1n) is 7.88. The van der Waals surface area contributed by atoms with E-state index < -0.39 is 6.04 Å². The summed E-state index contributed by atoms with van der Waals surface area (Å²) in [5.74, 6) is 0.807. The number of thioether (sulfide) groups is 1. The zero-order valence-corrected chi connectivity index (χ0v) is 15.4. The fourth-order valence-corrected chi connectivity index (χ4v) is 3.70. The molecule has 0 aromatic rings. The standard InChI is InChI=1S/C15H29N3O2S.ClH/c1-4-21-12-7-5-6-11(8-12)18-13(19)9-17-15(20)14(16)10(2)3;/h10-12,14H,4-9,16H2,1-3H3,(H,17,20)(H,18,19);1H/t11?,12?,14-;/m0./s1. The molecule has 0 aromatic heterocycles. The van der Waals surface area contributed by atoms with Crippen molar-refractivity contribution in [2.75, 3.05) is 12.3 Å². The van der Waals surface area contributed by atoms with E-state index in [-0.39, 0.29) is 42.7 Å². The third-order valence-corrected chi connectivity index (χ3v) is 5.07. The second kappa shape index (κ2) is 11.1. The Morgan fingerprint density at radius 3 is 2.59 bits per heavy atom. The summed E-state index contributed by atoms with van der Waals surface area (Å²) in [4.78, 5) is 23.6. The summed E-state index contributed by atoms with van der Waals surface area (Å²) in [6.07, 6.45) is 4.47. The van der Waals surface area contributed by atoms with Gasteiger partial charge in [-0.3, -0.25) is 9.59 Å². The van der Waals surface area contributed by atoms with Crippen molar-refractivity contribution >= 4 is 36.0 Å². The number of halogens is 1. The smallest absolute Gasteiger partial charge is 0.239 e. The molecule has 1 aliphatic carbocycles. The lowest BCUT2D eigenvalue weighted by molar-refractivity contribution is -0.127. The Hall–Kier alpha value is -0.460. The summed E-state index contributed by atoms with van der Waals surface area (Å²) < 4.78 is 0. The van der Waals surface area contributed by atoms with E-state index in [0.29, 0.717) is 5.25 Å². The quantitative estimate of drug-likeness (QED) is 0.651. The van der Waals surface area contributed by atoms with Crippen molar-refractivity contribution in [3.05, 3.63) is 0 Å². The molecule has 1 fully saturated rings. The minimum atomic E-state index is -0.558. The average molecular weight is 352 g/mol. The third kappa shape index (κ3) is 7.70. The lowest BCUT2D eigenvalue weighted by Crippen LogP contribution is -2.49. The predicted molar refractivity (Wildman–Crippen MR) is 95.4 cm³/mol. The molecule has 0 heterocycles. The number of carbonyl (C=O) groups excluding carboxylic acids is 2. The van der Waals surface area contributed by atoms with Gasteiger partial charge in [-0.15, -0.1) is 12.4 Å². The Labute approximate surface area is 144 Å². The number of nitrogens with two attached hydrogens (primary N) is 1. The molecule has 0 radical (unpaired) electrons. The highest BCUT2D eigenvalue weighted by molar-refractivity contribution is 7.99. The van der Waals surface area contributed by atoms with E-state index in [9.17, 15) is 9.59 Å². The topological polar surface area (TPSA) is 84.2 Å². The minimum absolute atomic E-state index is 0. The normalized spacial score (nSPS) is 22.6. The molecule has 5 nitrogen and oxygen atoms in total. The predicted octanol–water partition coefficient (Wildman–Crippen LogP) is 1.69. The highest BCUT2D eigenvalue weighted by Crippen LogP contribution is 2.28. The van der Waals surface area contributed by atoms with Crippen LogP contribution >= 0.6 is 24.2 Å². The molecule has 1 saturated carbocycles. The number of hydrogen-bond acceptors (Lipinski definition) is 4. The number of carbonyl (C=O) groups is 2. The Balaban J connectivity index is 0.00000441. The number of nitrogens with one attached hydrogen (secondary N) is 2. The maximum absolute atomic E-state index is 11.9. The Kier molecular flexibility index (Phi) is 10.9. The van der Waals surface area contributed by atoms with Crippen LogP contribution in [0.1, 0.15) is 46.5 Å². The zero-order chi connectivity index (χ0) is 15.8. The van der Waals surface area contributed by atoms with E-state index in [1.165, 1.54) is 6.42 Å². The minimum Gasteiger partial charge on any atom is -0.352 e. The van der Waals surface area contributed by atoms with Gasteiger partial charge in [-0.05, 0) is 30.9 Å². The van der Waals surface area contributed by atoms with E-state index >= 15 is 0 Å². The van der Waals surface area contributed by atoms with Crippen LogP contribution in [0.25, 0.3) is 0 Å². The lowest BCUT2D eigenvalue weighted by atomic mass is 9.95. The van der Waals surface area contributed by atoms with Gasteiger partial charge >= 0.3 is 0 Å². The first-order chi connectivity index (χ1) is 9.93. The fourth-order valence-electron chi connectivity index (χ4n) is 2.53. The van der Waals surface area contributed by atoms with Gasteiger partial charge in [0.25, 0.3) is 0 Å². The van der Waals surface area contributed by atoms with Gasteiger partial charge in [-0.1, -0.05) is 27.2 Å². The fraction of sp³-hybridized carbons (Fsp3) is 0.867. The number of hydrogen-bond donors (Lipinski definition) is 3. The molecule has 7 heteroatoms. The van der Waals surface area contributed by atoms with Crippen LogP contribution in [0.2, 0.25) is 0 Å². The molecule has 3 atom stereocenters. The molecule has 0 aliphatic heterocycles. The lowest BCUT2D eigenvalue weighted by Gasteiger charge is -2.29. The molecule has 0 saturated heterocycles. The van der Waals surface area contributed by atoms with Crippen LogP contribution in [-0.4, -0.2) is 41.4 Å². The van der Waals surface area contributed by atoms with Crippen LogP contribution in [0.5, 0.6) is 0 Å². The molecule has 2 unspecified atom stereocenters. The van der Waals surface area contributed by atoms with Crippen LogP contribution < -0.4 is 16.4 Å². The average Bonchev–Trinajstić information content (AvgIpc) is 2.44. The number of amides is 2. The molecule has 1 rings (SSSR count). The monoisotopic (exact) mass is 351 g/mol. The van der Waals surface area contributed by atoms with Gasteiger partial charge in [-0.2, -0.15) is 11.8 Å². The SMILES string of the molecule is CCSC1CCCC(NC(=O)CNC(=O)[C@@H](N)C(C)C)C1.Cl. The van der Waals surface area contributed by atoms with Crippen LogP contribution in [0, 0.1) is 5.92 Å². The Morgan fingerprint density at radius 2 is 2.00 bits per heavy atom. The zero-order valence-electron chi connectivity index (χ0n) is 13.8. The highest BCUT2D eigenvalue weighted by atomic mass is 35.5. The van der Waals surface area contributed by atoms with Gasteiger partial charge in [0.15, 0.2) is 0 Å². The van der Waals surface area contributed by atoms with Crippen LogP contribution in [0.3, 0.4) is 0 Å². The first-order valence-corrected chi connectivity index (χ1v) is 8.93. The van der Waals surface area contributed by atoms with Crippen molar-refractivity contribution in [3.8, 4) is 0 Å². The van der Waals surface area contributed by atoms with E-state index in [2.05, 4.69) is 17.6 Å². The summed E-state index contributed by atoms with van der Waals surface area (Å²) in [6, 6.07) is -0.316. The summed E-state index contributed by atoms with van der Waals surface area (Å²) in [7, 11) is 0. The Morgan fingerprint density at radius 1 is 1.32 bits per heavy atom. The molecule has 130 valence electrons. The second-order valence-corrected chi connectivity index (χ2v) is 7.57. The molecule has 2 amide bonds. The summed E-state index contributed by atoms with van der Waals surface area (Å²) in [5.41, 5.74) is 5.74. The van der Waals surface area contributed by atoms with Crippen molar-refractivity contribution < 1.29 is 9.59 Å². The first kappa shape index (κ1) is 21.5. The number of rotatable bonds is 7. The summed E-state index contributed by atoms with van der Waals surface area (Å²) in [6.45, 7) is 5.96. The van der Waals surface area contributed by atoms with Gasteiger partial charge in [0, 0.05) is 11.3 Å². The van der Waals surface area contributed by atoms with Gasteiger partial charge in [0.05, 0.1) is 12.6 Å². The van der Waals surface area contributed by atoms with E-state index in [1.54, 1.807) is 0 Å². The summed E-state index contributed by atoms with van der Waals surface area (Å²) >= 11 is 1.97. The Bertz CT molecular complexity index is 354. The van der Waals surface area contributed by atoms with Gasteiger partial charge < -0.3 is 16.4 Å². The van der Waals surface area contributed by atoms with Crippen molar-refractivity contribution in [1.29, 1.82) is 0 Å². The molecule has 4 N–H and O–H groups in total. The molecule has 22 heavy (non-hydrogen) atoms. The summed E-state index contributed by atoms with van der Waals surface area (Å²) in [5, 5.41) is 6.28. The molecular weight excluding hydrogens is 322 g/mol. The van der Waals surface area contributed by atoms with Crippen molar-refractivity contribution in [2.45, 2.75) is 63.8 Å². The molecule has 1 aliphatic rings. The van der Waals surface area contributed by atoms with Gasteiger partial charge in [0.1, 0.15) is 0 Å². The van der Waals surface area contributed by atoms with Crippen LogP contribution in [-0.2, 0) is 9.59 Å². The molecule has 0 bridgehead atoms. The van der Waals surface area contributed by atoms with E-state index in [1.807, 2.05) is 25.6 Å². The van der Waals surface area contributed by atoms with Crippen LogP contribution in [0.4, 0.5) is 0 Å². The molecular formula is C15H30ClN3O2S. The van der Waals surface area contributed by atoms with Crippen molar-refractivity contribution in [3.63, 3.8) is 0 Å². The van der Waals surface area contributed by atoms with Crippen molar-refractivity contribution in [1.82, 2.24) is 10.6 Å². The molecule has 0 aromatic carbocycles. The van der Waals surface area contributed by atoms with E-state index in [4.69, 9.17) is 5.73 Å². The van der Waals surface area contributed by atoms with Crippen LogP contribution in [0.15, 0.2) is 0 Å². The molecule has 0 spiro atoms. The highest BCUT2D eigenvalue weighted by Gasteiger charge is 2.23. The van der Waals surface area contributed by atoms with E-state index in [0.717, 1.165) is 25.0 Å². The third-order valence-electron chi connectivity index (χ3n) is 3.84. The van der Waals surface area contributed by atoms with Gasteiger partial charge in [0.2, 0.25) is 11.8 Å². The van der Waals surface area contributed by atoms with Crippen molar-refractivity contribution in [2.24, 2.45) is 11.7 Å². The second-order valence-electron chi connectivity index (χ2n) is 6.00. The maximum Gasteiger partial charge on any atom is 0.239 e.